The topological polar surface area (TPSA) is 50.7 Å². The molecule has 0 spiro atoms. The Bertz CT molecular complexity index is 230. The Labute approximate surface area is 85.1 Å². The molecule has 80 valence electrons. The Morgan fingerprint density at radius 1 is 1.43 bits per heavy atom. The number of ether oxygens (including phenoxy) is 1. The second-order valence-electron chi connectivity index (χ2n) is 3.03. The zero-order valence-corrected chi connectivity index (χ0v) is 9.09. The Hall–Kier alpha value is -1.16. The van der Waals surface area contributed by atoms with Crippen molar-refractivity contribution in [3.63, 3.8) is 0 Å². The molecular formula is C10H18N2O2. The fourth-order valence-corrected chi connectivity index (χ4v) is 0.877. The van der Waals surface area contributed by atoms with E-state index in [0.29, 0.717) is 18.8 Å². The molecule has 0 radical (unpaired) electrons. The molecule has 0 saturated heterocycles. The predicted molar refractivity (Wildman–Crippen MR) is 57.4 cm³/mol. The highest BCUT2D eigenvalue weighted by Crippen LogP contribution is 1.91. The van der Waals surface area contributed by atoms with Crippen molar-refractivity contribution < 1.29 is 9.53 Å². The van der Waals surface area contributed by atoms with Gasteiger partial charge in [-0.3, -0.25) is 9.79 Å². The van der Waals surface area contributed by atoms with Crippen LogP contribution >= 0.6 is 0 Å². The van der Waals surface area contributed by atoms with Crippen LogP contribution in [0.15, 0.2) is 17.3 Å². The van der Waals surface area contributed by atoms with E-state index in [1.54, 1.807) is 6.92 Å². The number of hydrogen-bond acceptors (Lipinski definition) is 4. The maximum atomic E-state index is 10.9. The van der Waals surface area contributed by atoms with Gasteiger partial charge in [0.05, 0.1) is 13.2 Å². The lowest BCUT2D eigenvalue weighted by Gasteiger charge is -2.04. The quantitative estimate of drug-likeness (QED) is 0.514. The van der Waals surface area contributed by atoms with Crippen molar-refractivity contribution in [2.75, 3.05) is 19.7 Å². The summed E-state index contributed by atoms with van der Waals surface area (Å²) < 4.78 is 4.74. The maximum Gasteiger partial charge on any atom is 0.319 e. The molecule has 0 bridgehead atoms. The highest BCUT2D eigenvalue weighted by Gasteiger charge is 1.99. The van der Waals surface area contributed by atoms with E-state index >= 15 is 0 Å². The summed E-state index contributed by atoms with van der Waals surface area (Å²) in [7, 11) is 0. The van der Waals surface area contributed by atoms with Crippen molar-refractivity contribution >= 4 is 11.7 Å². The van der Waals surface area contributed by atoms with Gasteiger partial charge >= 0.3 is 5.97 Å². The minimum atomic E-state index is -0.252. The minimum absolute atomic E-state index is 0.200. The van der Waals surface area contributed by atoms with Gasteiger partial charge in [0, 0.05) is 18.0 Å². The predicted octanol–water partition coefficient (Wildman–Crippen LogP) is 1.13. The van der Waals surface area contributed by atoms with Crippen molar-refractivity contribution in [1.82, 2.24) is 5.32 Å². The van der Waals surface area contributed by atoms with E-state index < -0.39 is 0 Å². The number of carbonyl (C=O) groups excluding carboxylic acids is 1. The average molecular weight is 198 g/mol. The van der Waals surface area contributed by atoms with E-state index in [4.69, 9.17) is 4.74 Å². The van der Waals surface area contributed by atoms with Gasteiger partial charge in [-0.2, -0.15) is 0 Å². The molecule has 0 amide bonds. The van der Waals surface area contributed by atoms with Gasteiger partial charge < -0.3 is 10.1 Å². The Kier molecular flexibility index (Phi) is 6.66. The molecule has 4 heteroatoms. The van der Waals surface area contributed by atoms with Gasteiger partial charge in [0.25, 0.3) is 0 Å². The van der Waals surface area contributed by atoms with Crippen LogP contribution in [-0.4, -0.2) is 31.4 Å². The van der Waals surface area contributed by atoms with Crippen molar-refractivity contribution in [3.8, 4) is 0 Å². The summed E-state index contributed by atoms with van der Waals surface area (Å²) in [6.07, 6.45) is 0. The van der Waals surface area contributed by atoms with Crippen LogP contribution in [0.4, 0.5) is 0 Å². The molecular weight excluding hydrogens is 180 g/mol. The number of rotatable bonds is 6. The number of aliphatic imine (C=N–C) groups is 1. The summed E-state index contributed by atoms with van der Waals surface area (Å²) in [5.41, 5.74) is 1.67. The molecule has 0 saturated carbocycles. The molecule has 0 heterocycles. The zero-order chi connectivity index (χ0) is 11.0. The first-order chi connectivity index (χ1) is 6.56. The molecule has 0 aliphatic carbocycles. The fourth-order valence-electron chi connectivity index (χ4n) is 0.877. The molecule has 0 aliphatic heterocycles. The third-order valence-corrected chi connectivity index (χ3v) is 1.29. The summed E-state index contributed by atoms with van der Waals surface area (Å²) in [6, 6.07) is 0. The second kappa shape index (κ2) is 7.26. The summed E-state index contributed by atoms with van der Waals surface area (Å²) >= 11 is 0. The van der Waals surface area contributed by atoms with Crippen LogP contribution in [0.1, 0.15) is 20.8 Å². The lowest BCUT2D eigenvalue weighted by molar-refractivity contribution is -0.141. The number of nitrogens with zero attached hydrogens (tertiary/aromatic N) is 1. The molecule has 0 fully saturated rings. The Balaban J connectivity index is 3.59. The van der Waals surface area contributed by atoms with Crippen LogP contribution in [0.5, 0.6) is 0 Å². The first-order valence-corrected chi connectivity index (χ1v) is 4.62. The highest BCUT2D eigenvalue weighted by molar-refractivity contribution is 5.80. The first-order valence-electron chi connectivity index (χ1n) is 4.62. The van der Waals surface area contributed by atoms with E-state index in [1.165, 1.54) is 0 Å². The lowest BCUT2D eigenvalue weighted by Crippen LogP contribution is -2.26. The van der Waals surface area contributed by atoms with E-state index in [-0.39, 0.29) is 12.5 Å². The van der Waals surface area contributed by atoms with E-state index in [9.17, 15) is 4.79 Å². The van der Waals surface area contributed by atoms with E-state index in [2.05, 4.69) is 16.9 Å². The molecule has 4 nitrogen and oxygen atoms in total. The van der Waals surface area contributed by atoms with Gasteiger partial charge in [0.15, 0.2) is 0 Å². The van der Waals surface area contributed by atoms with Crippen molar-refractivity contribution in [3.05, 3.63) is 12.3 Å². The van der Waals surface area contributed by atoms with Crippen LogP contribution in [-0.2, 0) is 9.53 Å². The Morgan fingerprint density at radius 3 is 2.57 bits per heavy atom. The van der Waals surface area contributed by atoms with Gasteiger partial charge in [-0.15, -0.1) is 0 Å². The minimum Gasteiger partial charge on any atom is -0.465 e. The van der Waals surface area contributed by atoms with E-state index in [1.807, 2.05) is 13.8 Å². The standard InChI is InChI=1S/C10H18N2O2/c1-5-14-10(13)7-11-6-9(4)12-8(2)3/h11H,4-7H2,1-3H3. The number of hydrogen-bond donors (Lipinski definition) is 1. The van der Waals surface area contributed by atoms with Gasteiger partial charge in [-0.25, -0.2) is 0 Å². The number of nitrogens with one attached hydrogen (secondary N) is 1. The van der Waals surface area contributed by atoms with Gasteiger partial charge in [0.1, 0.15) is 0 Å². The molecule has 1 N–H and O–H groups in total. The molecule has 0 rings (SSSR count). The van der Waals surface area contributed by atoms with Crippen molar-refractivity contribution in [2.45, 2.75) is 20.8 Å². The SMILES string of the molecule is C=C(CNCC(=O)OCC)N=C(C)C. The van der Waals surface area contributed by atoms with Crippen molar-refractivity contribution in [2.24, 2.45) is 4.99 Å². The first kappa shape index (κ1) is 12.8. The van der Waals surface area contributed by atoms with Crippen LogP contribution in [0.25, 0.3) is 0 Å². The zero-order valence-electron chi connectivity index (χ0n) is 9.09. The molecule has 14 heavy (non-hydrogen) atoms. The van der Waals surface area contributed by atoms with Gasteiger partial charge in [-0.1, -0.05) is 6.58 Å². The molecule has 0 aromatic carbocycles. The summed E-state index contributed by atoms with van der Waals surface area (Å²) in [5, 5.41) is 2.89. The maximum absolute atomic E-state index is 10.9. The fraction of sp³-hybridized carbons (Fsp3) is 0.600. The van der Waals surface area contributed by atoms with Gasteiger partial charge in [0.2, 0.25) is 0 Å². The largest absolute Gasteiger partial charge is 0.465 e. The molecule has 0 aromatic rings. The number of carbonyl (C=O) groups is 1. The normalized spacial score (nSPS) is 9.36. The monoisotopic (exact) mass is 198 g/mol. The smallest absolute Gasteiger partial charge is 0.319 e. The summed E-state index contributed by atoms with van der Waals surface area (Å²) in [6.45, 7) is 10.4. The Morgan fingerprint density at radius 2 is 2.07 bits per heavy atom. The van der Waals surface area contributed by atoms with Crippen LogP contribution in [0.3, 0.4) is 0 Å². The third-order valence-electron chi connectivity index (χ3n) is 1.29. The van der Waals surface area contributed by atoms with Crippen molar-refractivity contribution in [1.29, 1.82) is 0 Å². The van der Waals surface area contributed by atoms with E-state index in [0.717, 1.165) is 5.71 Å². The van der Waals surface area contributed by atoms with Crippen LogP contribution in [0, 0.1) is 0 Å². The average Bonchev–Trinajstić information content (AvgIpc) is 2.02. The lowest BCUT2D eigenvalue weighted by atomic mass is 10.4. The summed E-state index contributed by atoms with van der Waals surface area (Å²) in [4.78, 5) is 15.0. The van der Waals surface area contributed by atoms with Crippen LogP contribution < -0.4 is 5.32 Å². The highest BCUT2D eigenvalue weighted by atomic mass is 16.5. The molecule has 0 atom stereocenters. The van der Waals surface area contributed by atoms with Crippen LogP contribution in [0.2, 0.25) is 0 Å². The molecule has 0 aliphatic rings. The summed E-state index contributed by atoms with van der Waals surface area (Å²) in [5.74, 6) is -0.252. The molecule has 0 unspecified atom stereocenters. The third kappa shape index (κ3) is 7.49. The second-order valence-corrected chi connectivity index (χ2v) is 3.03. The molecule has 0 aromatic heterocycles. The van der Waals surface area contributed by atoms with Gasteiger partial charge in [-0.05, 0) is 20.8 Å². The number of esters is 1.